The lowest BCUT2D eigenvalue weighted by atomic mass is 9.47. The van der Waals surface area contributed by atoms with Crippen LogP contribution < -0.4 is 4.74 Å². The van der Waals surface area contributed by atoms with Gasteiger partial charge in [-0.2, -0.15) is 0 Å². The maximum absolute atomic E-state index is 12.2. The Kier molecular flexibility index (Phi) is 7.28. The first kappa shape index (κ1) is 26.3. The van der Waals surface area contributed by atoms with Crippen LogP contribution in [0.5, 0.6) is 5.75 Å². The van der Waals surface area contributed by atoms with Crippen molar-refractivity contribution in [1.82, 2.24) is 0 Å². The SMILES string of the molecule is CC(=O)[C@H]1CC[C@H]2[C@@H]3CC=C4C[C@@H](O)CC[C@]4(C)[C@H]3CC[C@]12C.O=C(O)Oc1ccc([N+](=O)[O-])cc1. The molecule has 3 saturated carbocycles. The van der Waals surface area contributed by atoms with Crippen molar-refractivity contribution in [2.24, 2.45) is 34.5 Å². The van der Waals surface area contributed by atoms with E-state index in [1.54, 1.807) is 5.57 Å². The molecule has 7 atom stereocenters. The van der Waals surface area contributed by atoms with Gasteiger partial charge in [0.15, 0.2) is 0 Å². The second-order valence-corrected chi connectivity index (χ2v) is 11.6. The Morgan fingerprint density at radius 1 is 1.06 bits per heavy atom. The van der Waals surface area contributed by atoms with Crippen LogP contribution in [0.25, 0.3) is 0 Å². The Morgan fingerprint density at radius 2 is 1.75 bits per heavy atom. The maximum Gasteiger partial charge on any atom is 0.511 e. The minimum atomic E-state index is -1.45. The van der Waals surface area contributed by atoms with Gasteiger partial charge in [-0.1, -0.05) is 25.5 Å². The number of nitrogens with zero attached hydrogens (tertiary/aromatic N) is 1. The summed E-state index contributed by atoms with van der Waals surface area (Å²) in [4.78, 5) is 31.8. The number of carboxylic acid groups (broad SMARTS) is 1. The quantitative estimate of drug-likeness (QED) is 0.167. The van der Waals surface area contributed by atoms with E-state index in [0.29, 0.717) is 17.1 Å². The zero-order valence-electron chi connectivity index (χ0n) is 21.3. The largest absolute Gasteiger partial charge is 0.511 e. The summed E-state index contributed by atoms with van der Waals surface area (Å²) in [6.45, 7) is 6.70. The number of carbonyl (C=O) groups is 2. The number of nitro groups is 1. The molecule has 4 aliphatic carbocycles. The number of non-ortho nitro benzene ring substituents is 1. The molecule has 4 aliphatic rings. The number of rotatable bonds is 3. The van der Waals surface area contributed by atoms with Gasteiger partial charge in [-0.05, 0) is 99.0 Å². The van der Waals surface area contributed by atoms with E-state index in [1.165, 1.54) is 37.8 Å². The summed E-state index contributed by atoms with van der Waals surface area (Å²) in [6.07, 6.45) is 10.0. The minimum Gasteiger partial charge on any atom is -0.449 e. The predicted octanol–water partition coefficient (Wildman–Crippen LogP) is 6.17. The highest BCUT2D eigenvalue weighted by Gasteiger charge is 2.59. The van der Waals surface area contributed by atoms with Gasteiger partial charge in [-0.25, -0.2) is 4.79 Å². The molecule has 0 unspecified atom stereocenters. The highest BCUT2D eigenvalue weighted by atomic mass is 16.7. The lowest BCUT2D eigenvalue weighted by molar-refractivity contribution is -0.384. The molecule has 36 heavy (non-hydrogen) atoms. The van der Waals surface area contributed by atoms with Crippen LogP contribution in [0.1, 0.15) is 72.1 Å². The van der Waals surface area contributed by atoms with Gasteiger partial charge in [-0.15, -0.1) is 0 Å². The summed E-state index contributed by atoms with van der Waals surface area (Å²) in [5.74, 6) is 3.06. The molecule has 0 aromatic heterocycles. The van der Waals surface area contributed by atoms with Crippen molar-refractivity contribution in [3.8, 4) is 5.75 Å². The molecule has 2 N–H and O–H groups in total. The van der Waals surface area contributed by atoms with Crippen LogP contribution in [0.15, 0.2) is 35.9 Å². The number of ketones is 1. The molecular formula is C28H37NO7. The van der Waals surface area contributed by atoms with Crippen molar-refractivity contribution in [2.75, 3.05) is 0 Å². The zero-order chi connectivity index (χ0) is 26.3. The van der Waals surface area contributed by atoms with Gasteiger partial charge in [-0.3, -0.25) is 14.9 Å². The van der Waals surface area contributed by atoms with Crippen LogP contribution >= 0.6 is 0 Å². The van der Waals surface area contributed by atoms with Crippen molar-refractivity contribution in [2.45, 2.75) is 78.2 Å². The van der Waals surface area contributed by atoms with Crippen LogP contribution in [-0.4, -0.2) is 33.2 Å². The fourth-order valence-corrected chi connectivity index (χ4v) is 8.05. The maximum atomic E-state index is 12.2. The highest BCUT2D eigenvalue weighted by molar-refractivity contribution is 5.79. The number of fused-ring (bicyclic) bond motifs is 5. The number of Topliss-reactive ketones (excluding diaryl/α,β-unsaturated/α-hetero) is 1. The number of benzene rings is 1. The summed E-state index contributed by atoms with van der Waals surface area (Å²) in [7, 11) is 0. The van der Waals surface area contributed by atoms with Crippen LogP contribution in [0.4, 0.5) is 10.5 Å². The number of hydrogen-bond acceptors (Lipinski definition) is 6. The van der Waals surface area contributed by atoms with Crippen LogP contribution in [0, 0.1) is 44.6 Å². The van der Waals surface area contributed by atoms with Crippen molar-refractivity contribution >= 4 is 17.6 Å². The Morgan fingerprint density at radius 3 is 2.36 bits per heavy atom. The smallest absolute Gasteiger partial charge is 0.449 e. The molecule has 196 valence electrons. The average molecular weight is 500 g/mol. The van der Waals surface area contributed by atoms with Crippen molar-refractivity contribution in [3.63, 3.8) is 0 Å². The minimum absolute atomic E-state index is 0.0538. The molecule has 0 saturated heterocycles. The summed E-state index contributed by atoms with van der Waals surface area (Å²) >= 11 is 0. The molecule has 0 radical (unpaired) electrons. The molecule has 3 fully saturated rings. The van der Waals surface area contributed by atoms with Gasteiger partial charge in [0.2, 0.25) is 0 Å². The molecule has 8 nitrogen and oxygen atoms in total. The number of ether oxygens (including phenoxy) is 1. The third kappa shape index (κ3) is 4.80. The van der Waals surface area contributed by atoms with E-state index in [9.17, 15) is 24.8 Å². The van der Waals surface area contributed by atoms with E-state index < -0.39 is 11.1 Å². The first-order valence-corrected chi connectivity index (χ1v) is 13.0. The van der Waals surface area contributed by atoms with E-state index in [4.69, 9.17) is 5.11 Å². The van der Waals surface area contributed by atoms with Gasteiger partial charge >= 0.3 is 6.16 Å². The molecule has 0 spiro atoms. The third-order valence-corrected chi connectivity index (χ3v) is 9.82. The van der Waals surface area contributed by atoms with E-state index in [0.717, 1.165) is 55.6 Å². The Bertz CT molecular complexity index is 1050. The second kappa shape index (κ2) is 9.96. The van der Waals surface area contributed by atoms with Gasteiger partial charge in [0, 0.05) is 18.1 Å². The van der Waals surface area contributed by atoms with Gasteiger partial charge in [0.05, 0.1) is 11.0 Å². The Labute approximate surface area is 211 Å². The summed E-state index contributed by atoms with van der Waals surface area (Å²) in [5, 5.41) is 28.4. The lowest BCUT2D eigenvalue weighted by Gasteiger charge is -2.57. The van der Waals surface area contributed by atoms with Gasteiger partial charge < -0.3 is 14.9 Å². The van der Waals surface area contributed by atoms with Crippen LogP contribution in [0.3, 0.4) is 0 Å². The number of nitro benzene ring substituents is 1. The standard InChI is InChI=1S/C21H32O2.C7H5NO5/c1-13(22)17-6-7-18-16-5-4-14-12-15(23)8-10-20(14,2)19(16)9-11-21(17,18)3;9-7(10)13-6-3-1-5(2-4-6)8(11)12/h4,15-19,23H,5-12H2,1-3H3;1-4H,(H,9,10)/t15-,16-,17+,18-,19-,20-,21+;/m0./s1. The van der Waals surface area contributed by atoms with E-state index >= 15 is 0 Å². The number of aliphatic hydroxyl groups excluding tert-OH is 1. The Hall–Kier alpha value is -2.74. The molecule has 0 bridgehead atoms. The van der Waals surface area contributed by atoms with Gasteiger partial charge in [0.1, 0.15) is 11.5 Å². The molecule has 0 amide bonds. The molecule has 8 heteroatoms. The van der Waals surface area contributed by atoms with Crippen molar-refractivity contribution in [3.05, 3.63) is 46.0 Å². The number of aliphatic hydroxyl groups is 1. The molecule has 5 rings (SSSR count). The number of carbonyl (C=O) groups excluding carboxylic acids is 1. The summed E-state index contributed by atoms with van der Waals surface area (Å²) in [6, 6.07) is 4.76. The zero-order valence-corrected chi connectivity index (χ0v) is 21.3. The molecule has 0 aliphatic heterocycles. The second-order valence-electron chi connectivity index (χ2n) is 11.6. The average Bonchev–Trinajstić information content (AvgIpc) is 3.17. The monoisotopic (exact) mass is 499 g/mol. The van der Waals surface area contributed by atoms with E-state index in [-0.39, 0.29) is 23.0 Å². The first-order valence-electron chi connectivity index (χ1n) is 13.0. The number of hydrogen-bond donors (Lipinski definition) is 2. The number of allylic oxidation sites excluding steroid dienone is 1. The normalized spacial score (nSPS) is 36.7. The highest BCUT2D eigenvalue weighted by Crippen LogP contribution is 2.66. The van der Waals surface area contributed by atoms with Crippen LogP contribution in [-0.2, 0) is 4.79 Å². The fourth-order valence-electron chi connectivity index (χ4n) is 8.05. The predicted molar refractivity (Wildman–Crippen MR) is 134 cm³/mol. The summed E-state index contributed by atoms with van der Waals surface area (Å²) in [5.41, 5.74) is 2.00. The summed E-state index contributed by atoms with van der Waals surface area (Å²) < 4.78 is 4.24. The first-order chi connectivity index (χ1) is 17.0. The fraction of sp³-hybridized carbons (Fsp3) is 0.643. The van der Waals surface area contributed by atoms with Crippen molar-refractivity contribution < 1.29 is 29.5 Å². The lowest BCUT2D eigenvalue weighted by Crippen LogP contribution is -2.50. The van der Waals surface area contributed by atoms with Crippen molar-refractivity contribution in [1.29, 1.82) is 0 Å². The van der Waals surface area contributed by atoms with E-state index in [1.807, 2.05) is 6.92 Å². The third-order valence-electron chi connectivity index (χ3n) is 9.82. The molecule has 1 aromatic rings. The van der Waals surface area contributed by atoms with Crippen LogP contribution in [0.2, 0.25) is 0 Å². The molecule has 1 aromatic carbocycles. The van der Waals surface area contributed by atoms with E-state index in [2.05, 4.69) is 24.7 Å². The topological polar surface area (TPSA) is 127 Å². The molecule has 0 heterocycles. The Balaban J connectivity index is 0.000000200. The molecular weight excluding hydrogens is 462 g/mol. The van der Waals surface area contributed by atoms with Gasteiger partial charge in [0.25, 0.3) is 5.69 Å².